The van der Waals surface area contributed by atoms with Crippen molar-refractivity contribution in [3.05, 3.63) is 47.5 Å². The SMILES string of the molecule is CN1CC[C@@H]1C(=O)N=CC(Cc1ccc(Cl)cc1)C(=O)N1CCC(Cn2cncn2)(C2CCCCC2)CC1. The van der Waals surface area contributed by atoms with Gasteiger partial charge in [-0.1, -0.05) is 43.0 Å². The van der Waals surface area contributed by atoms with E-state index in [1.54, 1.807) is 12.5 Å². The lowest BCUT2D eigenvalue weighted by molar-refractivity contribution is -0.136. The Morgan fingerprint density at radius 1 is 1.11 bits per heavy atom. The van der Waals surface area contributed by atoms with Crippen molar-refractivity contribution >= 4 is 29.6 Å². The summed E-state index contributed by atoms with van der Waals surface area (Å²) in [6.07, 6.45) is 14.7. The lowest BCUT2D eigenvalue weighted by Gasteiger charge is -2.48. The average molecular weight is 539 g/mol. The highest BCUT2D eigenvalue weighted by Gasteiger charge is 2.43. The molecule has 1 saturated carbocycles. The zero-order chi connectivity index (χ0) is 26.5. The van der Waals surface area contributed by atoms with E-state index in [4.69, 9.17) is 11.6 Å². The van der Waals surface area contributed by atoms with E-state index in [-0.39, 0.29) is 23.3 Å². The Morgan fingerprint density at radius 3 is 2.45 bits per heavy atom. The van der Waals surface area contributed by atoms with E-state index < -0.39 is 5.92 Å². The van der Waals surface area contributed by atoms with Gasteiger partial charge in [0, 0.05) is 37.4 Å². The van der Waals surface area contributed by atoms with Crippen LogP contribution in [-0.4, -0.2) is 75.3 Å². The molecule has 1 aromatic carbocycles. The van der Waals surface area contributed by atoms with Crippen LogP contribution in [0.4, 0.5) is 0 Å². The number of benzene rings is 1. The van der Waals surface area contributed by atoms with Crippen LogP contribution in [0, 0.1) is 17.3 Å². The Labute approximate surface area is 230 Å². The minimum Gasteiger partial charge on any atom is -0.342 e. The van der Waals surface area contributed by atoms with E-state index in [0.717, 1.165) is 37.9 Å². The first-order valence-corrected chi connectivity index (χ1v) is 14.5. The maximum atomic E-state index is 13.9. The fourth-order valence-corrected chi connectivity index (χ4v) is 6.74. The number of nitrogens with zero attached hydrogens (tertiary/aromatic N) is 6. The molecular formula is C29H39ClN6O2. The molecule has 9 heteroatoms. The van der Waals surface area contributed by atoms with E-state index in [1.807, 2.05) is 52.1 Å². The fourth-order valence-electron chi connectivity index (χ4n) is 6.61. The molecule has 2 saturated heterocycles. The Morgan fingerprint density at radius 2 is 1.84 bits per heavy atom. The Hall–Kier alpha value is -2.58. The lowest BCUT2D eigenvalue weighted by Crippen LogP contribution is -2.50. The molecule has 2 aliphatic heterocycles. The molecule has 1 unspecified atom stereocenters. The molecule has 0 radical (unpaired) electrons. The van der Waals surface area contributed by atoms with Crippen LogP contribution in [0.25, 0.3) is 0 Å². The first-order valence-electron chi connectivity index (χ1n) is 14.1. The van der Waals surface area contributed by atoms with Gasteiger partial charge < -0.3 is 4.90 Å². The minimum absolute atomic E-state index is 0.0523. The largest absolute Gasteiger partial charge is 0.342 e. The number of halogens is 1. The first kappa shape index (κ1) is 27.0. The summed E-state index contributed by atoms with van der Waals surface area (Å²) in [5.74, 6) is 0.0659. The molecule has 1 aliphatic carbocycles. The van der Waals surface area contributed by atoms with Crippen molar-refractivity contribution in [3.8, 4) is 0 Å². The number of carbonyl (C=O) groups excluding carboxylic acids is 2. The molecule has 0 spiro atoms. The van der Waals surface area contributed by atoms with Gasteiger partial charge in [-0.25, -0.2) is 9.98 Å². The van der Waals surface area contributed by atoms with Crippen molar-refractivity contribution in [2.24, 2.45) is 22.2 Å². The Balaban J connectivity index is 1.30. The van der Waals surface area contributed by atoms with Crippen LogP contribution in [-0.2, 0) is 22.6 Å². The van der Waals surface area contributed by atoms with Crippen LogP contribution < -0.4 is 0 Å². The van der Waals surface area contributed by atoms with Crippen LogP contribution in [0.3, 0.4) is 0 Å². The van der Waals surface area contributed by atoms with Crippen LogP contribution >= 0.6 is 11.6 Å². The molecule has 5 rings (SSSR count). The van der Waals surface area contributed by atoms with Gasteiger partial charge in [0.25, 0.3) is 5.91 Å². The highest BCUT2D eigenvalue weighted by atomic mass is 35.5. The maximum absolute atomic E-state index is 13.9. The third kappa shape index (κ3) is 6.18. The predicted octanol–water partition coefficient (Wildman–Crippen LogP) is 4.28. The van der Waals surface area contributed by atoms with Gasteiger partial charge in [-0.05, 0) is 74.6 Å². The van der Waals surface area contributed by atoms with Gasteiger partial charge in [0.1, 0.15) is 12.7 Å². The third-order valence-corrected chi connectivity index (χ3v) is 9.38. The van der Waals surface area contributed by atoms with E-state index in [0.29, 0.717) is 30.5 Å². The second-order valence-electron chi connectivity index (χ2n) is 11.5. The van der Waals surface area contributed by atoms with Crippen molar-refractivity contribution in [1.29, 1.82) is 0 Å². The lowest BCUT2D eigenvalue weighted by atomic mass is 9.63. The molecular weight excluding hydrogens is 500 g/mol. The highest BCUT2D eigenvalue weighted by molar-refractivity contribution is 6.30. The van der Waals surface area contributed by atoms with Gasteiger partial charge in [0.05, 0.1) is 12.0 Å². The molecule has 3 aliphatic rings. The zero-order valence-electron chi connectivity index (χ0n) is 22.3. The number of aromatic nitrogens is 3. The topological polar surface area (TPSA) is 83.7 Å². The number of hydrogen-bond donors (Lipinski definition) is 0. The summed E-state index contributed by atoms with van der Waals surface area (Å²) in [7, 11) is 1.93. The molecule has 2 atom stereocenters. The summed E-state index contributed by atoms with van der Waals surface area (Å²) in [5, 5.41) is 5.08. The van der Waals surface area contributed by atoms with Crippen molar-refractivity contribution in [2.45, 2.75) is 70.4 Å². The maximum Gasteiger partial charge on any atom is 0.262 e. The molecule has 204 valence electrons. The van der Waals surface area contributed by atoms with Gasteiger partial charge in [-0.3, -0.25) is 19.2 Å². The van der Waals surface area contributed by atoms with Gasteiger partial charge in [0.15, 0.2) is 0 Å². The number of rotatable bonds is 8. The summed E-state index contributed by atoms with van der Waals surface area (Å²) in [6.45, 7) is 3.20. The number of likely N-dealkylation sites (N-methyl/N-ethyl adjacent to an activating group) is 1. The average Bonchev–Trinajstić information content (AvgIpc) is 3.44. The first-order chi connectivity index (χ1) is 18.4. The number of piperidine rings is 1. The number of likely N-dealkylation sites (tertiary alicyclic amines) is 2. The van der Waals surface area contributed by atoms with Crippen molar-refractivity contribution in [1.82, 2.24) is 24.6 Å². The summed E-state index contributed by atoms with van der Waals surface area (Å²) >= 11 is 6.09. The van der Waals surface area contributed by atoms with Crippen molar-refractivity contribution < 1.29 is 9.59 Å². The fraction of sp³-hybridized carbons (Fsp3) is 0.621. The highest BCUT2D eigenvalue weighted by Crippen LogP contribution is 2.47. The van der Waals surface area contributed by atoms with Crippen molar-refractivity contribution in [3.63, 3.8) is 0 Å². The second kappa shape index (κ2) is 12.1. The van der Waals surface area contributed by atoms with Gasteiger partial charge in [0.2, 0.25) is 5.91 Å². The van der Waals surface area contributed by atoms with Crippen molar-refractivity contribution in [2.75, 3.05) is 26.7 Å². The molecule has 38 heavy (non-hydrogen) atoms. The summed E-state index contributed by atoms with van der Waals surface area (Å²) < 4.78 is 1.98. The smallest absolute Gasteiger partial charge is 0.262 e. The van der Waals surface area contributed by atoms with E-state index in [2.05, 4.69) is 15.1 Å². The van der Waals surface area contributed by atoms with Gasteiger partial charge in [-0.15, -0.1) is 0 Å². The number of carbonyl (C=O) groups is 2. The van der Waals surface area contributed by atoms with Gasteiger partial charge >= 0.3 is 0 Å². The number of hydrogen-bond acceptors (Lipinski definition) is 5. The summed E-state index contributed by atoms with van der Waals surface area (Å²) in [5.41, 5.74) is 1.14. The number of amides is 2. The van der Waals surface area contributed by atoms with Crippen LogP contribution in [0.15, 0.2) is 41.9 Å². The molecule has 0 N–H and O–H groups in total. The molecule has 8 nitrogen and oxygen atoms in total. The predicted molar refractivity (Wildman–Crippen MR) is 148 cm³/mol. The van der Waals surface area contributed by atoms with E-state index in [1.165, 1.54) is 32.1 Å². The molecule has 0 bridgehead atoms. The van der Waals surface area contributed by atoms with Crippen LogP contribution in [0.1, 0.15) is 56.9 Å². The standard InChI is InChI=1S/C29H39ClN6O2/c1-34-14-11-26(34)27(37)32-18-23(17-22-7-9-25(30)10-8-22)28(38)35-15-12-29(13-16-35,19-36-21-31-20-33-36)24-5-3-2-4-6-24/h7-10,18,20-21,23-24,26H,2-6,11-17,19H2,1H3/t23?,26-/m1/s1. The normalized spacial score (nSPS) is 23.3. The quantitative estimate of drug-likeness (QED) is 0.468. The van der Waals surface area contributed by atoms with Crippen LogP contribution in [0.5, 0.6) is 0 Å². The van der Waals surface area contributed by atoms with Crippen LogP contribution in [0.2, 0.25) is 5.02 Å². The molecule has 2 amide bonds. The second-order valence-corrected chi connectivity index (χ2v) is 11.9. The van der Waals surface area contributed by atoms with Gasteiger partial charge in [-0.2, -0.15) is 5.10 Å². The summed E-state index contributed by atoms with van der Waals surface area (Å²) in [4.78, 5) is 39.0. The molecule has 1 aromatic heterocycles. The Bertz CT molecular complexity index is 1100. The third-order valence-electron chi connectivity index (χ3n) is 9.13. The van der Waals surface area contributed by atoms with E-state index >= 15 is 0 Å². The summed E-state index contributed by atoms with van der Waals surface area (Å²) in [6, 6.07) is 7.41. The monoisotopic (exact) mass is 538 g/mol. The minimum atomic E-state index is -0.483. The zero-order valence-corrected chi connectivity index (χ0v) is 23.1. The molecule has 2 aromatic rings. The Kier molecular flexibility index (Phi) is 8.58. The number of aliphatic imine (C=N–C) groups is 1. The molecule has 3 heterocycles. The molecule has 3 fully saturated rings. The van der Waals surface area contributed by atoms with E-state index in [9.17, 15) is 9.59 Å².